The van der Waals surface area contributed by atoms with E-state index < -0.39 is 16.4 Å². The molecule has 1 saturated heterocycles. The summed E-state index contributed by atoms with van der Waals surface area (Å²) in [6, 6.07) is 3.75. The number of carbonyl (C=O) groups excluding carboxylic acids is 1. The van der Waals surface area contributed by atoms with E-state index in [1.165, 1.54) is 0 Å². The second-order valence-electron chi connectivity index (χ2n) is 6.64. The van der Waals surface area contributed by atoms with Crippen molar-refractivity contribution in [3.8, 4) is 0 Å². The summed E-state index contributed by atoms with van der Waals surface area (Å²) in [6.07, 6.45) is 2.87. The number of carbonyl (C=O) groups is 1. The fraction of sp³-hybridized carbons (Fsp3) is 0.625. The third-order valence-electron chi connectivity index (χ3n) is 3.49. The van der Waals surface area contributed by atoms with Crippen LogP contribution in [-0.4, -0.2) is 44.1 Å². The number of hydrogen-bond donors (Lipinski definition) is 0. The molecule has 122 valence electrons. The van der Waals surface area contributed by atoms with Crippen LogP contribution >= 0.6 is 0 Å². The summed E-state index contributed by atoms with van der Waals surface area (Å²) in [7, 11) is -1.12. The molecule has 0 radical (unpaired) electrons. The highest BCUT2D eigenvalue weighted by Gasteiger charge is 2.30. The summed E-state index contributed by atoms with van der Waals surface area (Å²) in [6.45, 7) is 8.69. The van der Waals surface area contributed by atoms with Gasteiger partial charge in [0.15, 0.2) is 0 Å². The van der Waals surface area contributed by atoms with Crippen molar-refractivity contribution in [1.29, 1.82) is 0 Å². The van der Waals surface area contributed by atoms with Crippen LogP contribution in [0.3, 0.4) is 0 Å². The molecule has 0 N–H and O–H groups in total. The van der Waals surface area contributed by atoms with Gasteiger partial charge in [-0.3, -0.25) is 4.21 Å². The van der Waals surface area contributed by atoms with E-state index in [1.54, 1.807) is 11.1 Å². The van der Waals surface area contributed by atoms with Gasteiger partial charge in [0, 0.05) is 24.5 Å². The van der Waals surface area contributed by atoms with Gasteiger partial charge in [-0.05, 0) is 52.2 Å². The highest BCUT2D eigenvalue weighted by atomic mass is 32.2. The summed E-state index contributed by atoms with van der Waals surface area (Å²) >= 11 is 0. The van der Waals surface area contributed by atoms with E-state index >= 15 is 0 Å². The van der Waals surface area contributed by atoms with Gasteiger partial charge in [0.25, 0.3) is 0 Å². The minimum Gasteiger partial charge on any atom is -0.444 e. The molecular formula is C16H24N2O3S. The van der Waals surface area contributed by atoms with Gasteiger partial charge in [0.1, 0.15) is 10.6 Å². The average molecular weight is 324 g/mol. The number of ether oxygens (including phenoxy) is 1. The van der Waals surface area contributed by atoms with E-state index in [-0.39, 0.29) is 11.3 Å². The maximum absolute atomic E-state index is 12.5. The monoisotopic (exact) mass is 324 g/mol. The van der Waals surface area contributed by atoms with E-state index in [9.17, 15) is 9.00 Å². The molecule has 6 heteroatoms. The normalized spacial score (nSPS) is 18.1. The lowest BCUT2D eigenvalue weighted by atomic mass is 10.1. The van der Waals surface area contributed by atoms with Crippen LogP contribution in [0.4, 0.5) is 4.79 Å². The van der Waals surface area contributed by atoms with E-state index in [0.29, 0.717) is 31.0 Å². The molecule has 0 saturated carbocycles. The second-order valence-corrected chi connectivity index (χ2v) is 8.32. The Kier molecular flexibility index (Phi) is 5.21. The predicted molar refractivity (Wildman–Crippen MR) is 86.2 cm³/mol. The Labute approximate surface area is 134 Å². The Bertz CT molecular complexity index is 544. The fourth-order valence-corrected chi connectivity index (χ4v) is 3.66. The maximum atomic E-state index is 12.5. The number of amides is 1. The van der Waals surface area contributed by atoms with E-state index in [4.69, 9.17) is 4.74 Å². The number of pyridine rings is 1. The smallest absolute Gasteiger partial charge is 0.410 e. The van der Waals surface area contributed by atoms with Crippen molar-refractivity contribution in [2.24, 2.45) is 0 Å². The van der Waals surface area contributed by atoms with Gasteiger partial charge in [-0.1, -0.05) is 6.07 Å². The molecule has 5 nitrogen and oxygen atoms in total. The van der Waals surface area contributed by atoms with Crippen LogP contribution in [0, 0.1) is 6.92 Å². The molecule has 0 aromatic carbocycles. The molecule has 1 fully saturated rings. The van der Waals surface area contributed by atoms with Crippen LogP contribution in [0.15, 0.2) is 23.4 Å². The van der Waals surface area contributed by atoms with Crippen molar-refractivity contribution in [2.45, 2.75) is 56.4 Å². The van der Waals surface area contributed by atoms with Gasteiger partial charge in [-0.25, -0.2) is 9.78 Å². The Morgan fingerprint density at radius 2 is 1.95 bits per heavy atom. The third kappa shape index (κ3) is 4.53. The number of hydrogen-bond acceptors (Lipinski definition) is 4. The summed E-state index contributed by atoms with van der Waals surface area (Å²) in [5.41, 5.74) is 0.572. The molecule has 0 unspecified atom stereocenters. The van der Waals surface area contributed by atoms with Crippen molar-refractivity contribution in [1.82, 2.24) is 9.88 Å². The molecule has 2 heterocycles. The number of aromatic nitrogens is 1. The third-order valence-corrected chi connectivity index (χ3v) is 5.22. The van der Waals surface area contributed by atoms with E-state index in [0.717, 1.165) is 5.56 Å². The first-order chi connectivity index (χ1) is 10.3. The molecule has 0 bridgehead atoms. The fourth-order valence-electron chi connectivity index (χ4n) is 2.32. The second kappa shape index (κ2) is 6.77. The van der Waals surface area contributed by atoms with Crippen molar-refractivity contribution in [3.63, 3.8) is 0 Å². The van der Waals surface area contributed by atoms with Crippen LogP contribution in [-0.2, 0) is 15.5 Å². The van der Waals surface area contributed by atoms with Crippen molar-refractivity contribution < 1.29 is 13.7 Å². The molecule has 1 amide bonds. The SMILES string of the molecule is Cc1ccc([S@](=O)C2CCN(C(=O)OC(C)(C)C)CC2)nc1. The highest BCUT2D eigenvalue weighted by molar-refractivity contribution is 7.85. The van der Waals surface area contributed by atoms with Crippen LogP contribution in [0.1, 0.15) is 39.2 Å². The number of aryl methyl sites for hydroxylation is 1. The van der Waals surface area contributed by atoms with Crippen molar-refractivity contribution in [3.05, 3.63) is 23.9 Å². The molecule has 1 aromatic rings. The Balaban J connectivity index is 1.90. The lowest BCUT2D eigenvalue weighted by Crippen LogP contribution is -2.43. The summed E-state index contributed by atoms with van der Waals surface area (Å²) < 4.78 is 17.9. The average Bonchev–Trinajstić information content (AvgIpc) is 2.46. The van der Waals surface area contributed by atoms with Crippen LogP contribution < -0.4 is 0 Å². The molecule has 1 aliphatic rings. The largest absolute Gasteiger partial charge is 0.444 e. The van der Waals surface area contributed by atoms with Crippen LogP contribution in [0.25, 0.3) is 0 Å². The Morgan fingerprint density at radius 3 is 2.45 bits per heavy atom. The van der Waals surface area contributed by atoms with E-state index in [1.807, 2.05) is 39.8 Å². The predicted octanol–water partition coefficient (Wildman–Crippen LogP) is 2.90. The molecule has 1 aromatic heterocycles. The number of rotatable bonds is 2. The molecule has 2 rings (SSSR count). The maximum Gasteiger partial charge on any atom is 0.410 e. The quantitative estimate of drug-likeness (QED) is 0.839. The molecule has 0 aliphatic carbocycles. The van der Waals surface area contributed by atoms with Crippen molar-refractivity contribution >= 4 is 16.9 Å². The van der Waals surface area contributed by atoms with Gasteiger partial charge < -0.3 is 9.64 Å². The summed E-state index contributed by atoms with van der Waals surface area (Å²) in [5, 5.41) is 0.676. The highest BCUT2D eigenvalue weighted by Crippen LogP contribution is 2.21. The molecular weight excluding hydrogens is 300 g/mol. The number of nitrogens with zero attached hydrogens (tertiary/aromatic N) is 2. The Morgan fingerprint density at radius 1 is 1.32 bits per heavy atom. The summed E-state index contributed by atoms with van der Waals surface area (Å²) in [4.78, 5) is 18.0. The number of piperidine rings is 1. The molecule has 1 atom stereocenters. The molecule has 1 aliphatic heterocycles. The standard InChI is InChI=1S/C16H24N2O3S/c1-12-5-6-14(17-11-12)22(20)13-7-9-18(10-8-13)15(19)21-16(2,3)4/h5-6,11,13H,7-10H2,1-4H3/t22-/m1/s1. The van der Waals surface area contributed by atoms with E-state index in [2.05, 4.69) is 4.98 Å². The zero-order valence-electron chi connectivity index (χ0n) is 13.7. The first-order valence-electron chi connectivity index (χ1n) is 7.57. The molecule has 22 heavy (non-hydrogen) atoms. The topological polar surface area (TPSA) is 59.5 Å². The van der Waals surface area contributed by atoms with Gasteiger partial charge in [-0.2, -0.15) is 0 Å². The van der Waals surface area contributed by atoms with Crippen LogP contribution in [0.2, 0.25) is 0 Å². The zero-order valence-corrected chi connectivity index (χ0v) is 14.5. The Hall–Kier alpha value is -1.43. The lowest BCUT2D eigenvalue weighted by Gasteiger charge is -2.32. The summed E-state index contributed by atoms with van der Waals surface area (Å²) in [5.74, 6) is 0. The zero-order chi connectivity index (χ0) is 16.3. The van der Waals surface area contributed by atoms with Gasteiger partial charge in [0.05, 0.1) is 10.8 Å². The van der Waals surface area contributed by atoms with Gasteiger partial charge in [0.2, 0.25) is 0 Å². The first-order valence-corrected chi connectivity index (χ1v) is 8.79. The molecule has 0 spiro atoms. The van der Waals surface area contributed by atoms with Crippen LogP contribution in [0.5, 0.6) is 0 Å². The van der Waals surface area contributed by atoms with Gasteiger partial charge >= 0.3 is 6.09 Å². The lowest BCUT2D eigenvalue weighted by molar-refractivity contribution is 0.0218. The minimum atomic E-state index is -1.12. The first kappa shape index (κ1) is 16.9. The van der Waals surface area contributed by atoms with Crippen molar-refractivity contribution in [2.75, 3.05) is 13.1 Å². The number of likely N-dealkylation sites (tertiary alicyclic amines) is 1. The minimum absolute atomic E-state index is 0.0499. The van der Waals surface area contributed by atoms with Gasteiger partial charge in [-0.15, -0.1) is 0 Å².